The van der Waals surface area contributed by atoms with Crippen LogP contribution in [0.3, 0.4) is 0 Å². The van der Waals surface area contributed by atoms with Gasteiger partial charge in [0.25, 0.3) is 11.8 Å². The number of hydrogen-bond donors (Lipinski definition) is 2. The normalized spacial score (nSPS) is 14.6. The van der Waals surface area contributed by atoms with Crippen LogP contribution in [0.1, 0.15) is 39.1 Å². The quantitative estimate of drug-likeness (QED) is 0.439. The minimum Gasteiger partial charge on any atom is -0.411 e. The lowest BCUT2D eigenvalue weighted by Crippen LogP contribution is -2.31. The molecule has 0 spiro atoms. The van der Waals surface area contributed by atoms with Crippen LogP contribution in [-0.2, 0) is 0 Å². The second-order valence-electron chi connectivity index (χ2n) is 7.14. The largest absolute Gasteiger partial charge is 0.411 e. The zero-order valence-corrected chi connectivity index (χ0v) is 17.3. The summed E-state index contributed by atoms with van der Waals surface area (Å²) in [5.74, 6) is -0.474. The Labute approximate surface area is 184 Å². The zero-order valence-electron chi connectivity index (χ0n) is 16.6. The van der Waals surface area contributed by atoms with Crippen molar-refractivity contribution in [2.45, 2.75) is 12.8 Å². The van der Waals surface area contributed by atoms with E-state index in [1.807, 2.05) is 24.3 Å². The smallest absolute Gasteiger partial charge is 0.258 e. The van der Waals surface area contributed by atoms with Crippen molar-refractivity contribution in [1.82, 2.24) is 0 Å². The van der Waals surface area contributed by atoms with Gasteiger partial charge in [-0.25, -0.2) is 0 Å². The maximum atomic E-state index is 13.2. The summed E-state index contributed by atoms with van der Waals surface area (Å²) >= 11 is 6.08. The Morgan fingerprint density at radius 3 is 2.42 bits per heavy atom. The average molecular weight is 434 g/mol. The summed E-state index contributed by atoms with van der Waals surface area (Å²) in [4.78, 5) is 27.4. The van der Waals surface area contributed by atoms with Crippen LogP contribution in [0.2, 0.25) is 5.02 Å². The van der Waals surface area contributed by atoms with E-state index in [1.54, 1.807) is 53.4 Å². The maximum absolute atomic E-state index is 13.2. The molecule has 3 aromatic rings. The van der Waals surface area contributed by atoms with Gasteiger partial charge in [-0.3, -0.25) is 9.59 Å². The molecule has 2 N–H and O–H groups in total. The molecule has 2 amide bonds. The summed E-state index contributed by atoms with van der Waals surface area (Å²) in [5, 5.41) is 15.9. The molecule has 0 unspecified atom stereocenters. The standard InChI is InChI=1S/C24H20ClN3O3/c25-20-8-3-1-6-18(20)23(29)26-17-13-11-16(12-14-17)24(30)28-15-5-9-21(27-31)19-7-2-4-10-22(19)28/h1-4,6-8,10-14,31H,5,9,15H2,(H,26,29)/b27-21+. The van der Waals surface area contributed by atoms with Gasteiger partial charge in [0.15, 0.2) is 0 Å². The van der Waals surface area contributed by atoms with E-state index in [4.69, 9.17) is 11.6 Å². The highest BCUT2D eigenvalue weighted by atomic mass is 35.5. The molecule has 1 aliphatic heterocycles. The van der Waals surface area contributed by atoms with Crippen LogP contribution in [0, 0.1) is 0 Å². The Bertz CT molecular complexity index is 1160. The Kier molecular flexibility index (Phi) is 6.00. The topological polar surface area (TPSA) is 82.0 Å². The van der Waals surface area contributed by atoms with Gasteiger partial charge < -0.3 is 15.4 Å². The minimum atomic E-state index is -0.318. The Morgan fingerprint density at radius 2 is 1.68 bits per heavy atom. The second kappa shape index (κ2) is 9.02. The molecule has 3 aromatic carbocycles. The van der Waals surface area contributed by atoms with Crippen molar-refractivity contribution in [2.24, 2.45) is 5.16 Å². The summed E-state index contributed by atoms with van der Waals surface area (Å²) < 4.78 is 0. The number of hydrogen-bond acceptors (Lipinski definition) is 4. The van der Waals surface area contributed by atoms with E-state index >= 15 is 0 Å². The van der Waals surface area contributed by atoms with Crippen molar-refractivity contribution in [3.63, 3.8) is 0 Å². The number of carbonyl (C=O) groups excluding carboxylic acids is 2. The number of rotatable bonds is 3. The Balaban J connectivity index is 1.55. The zero-order chi connectivity index (χ0) is 21.8. The molecule has 0 atom stereocenters. The van der Waals surface area contributed by atoms with Crippen molar-refractivity contribution in [1.29, 1.82) is 0 Å². The van der Waals surface area contributed by atoms with E-state index in [0.29, 0.717) is 52.6 Å². The lowest BCUT2D eigenvalue weighted by molar-refractivity contribution is 0.0985. The molecule has 1 aliphatic rings. The molecule has 0 radical (unpaired) electrons. The van der Waals surface area contributed by atoms with Gasteiger partial charge in [0.05, 0.1) is 22.0 Å². The van der Waals surface area contributed by atoms with Crippen molar-refractivity contribution in [2.75, 3.05) is 16.8 Å². The predicted molar refractivity (Wildman–Crippen MR) is 122 cm³/mol. The Morgan fingerprint density at radius 1 is 0.968 bits per heavy atom. The molecule has 0 saturated heterocycles. The molecule has 6 nitrogen and oxygen atoms in total. The molecule has 1 heterocycles. The number of para-hydroxylation sites is 1. The number of nitrogens with zero attached hydrogens (tertiary/aromatic N) is 2. The van der Waals surface area contributed by atoms with Gasteiger partial charge in [-0.05, 0) is 55.3 Å². The average Bonchev–Trinajstić information content (AvgIpc) is 2.99. The van der Waals surface area contributed by atoms with Gasteiger partial charge >= 0.3 is 0 Å². The highest BCUT2D eigenvalue weighted by Crippen LogP contribution is 2.28. The number of oxime groups is 1. The van der Waals surface area contributed by atoms with Crippen molar-refractivity contribution >= 4 is 40.5 Å². The van der Waals surface area contributed by atoms with E-state index in [1.165, 1.54) is 0 Å². The highest BCUT2D eigenvalue weighted by Gasteiger charge is 2.25. The van der Waals surface area contributed by atoms with Crippen LogP contribution in [0.5, 0.6) is 0 Å². The van der Waals surface area contributed by atoms with E-state index < -0.39 is 0 Å². The first-order chi connectivity index (χ1) is 15.1. The van der Waals surface area contributed by atoms with Gasteiger partial charge in [-0.15, -0.1) is 0 Å². The number of benzene rings is 3. The summed E-state index contributed by atoms with van der Waals surface area (Å²) in [6.45, 7) is 0.514. The van der Waals surface area contributed by atoms with Crippen molar-refractivity contribution in [3.8, 4) is 0 Å². The molecule has 0 aliphatic carbocycles. The SMILES string of the molecule is O=C(Nc1ccc(C(=O)N2CCC/C(=N\O)c3ccccc32)cc1)c1ccccc1Cl. The van der Waals surface area contributed by atoms with Crippen molar-refractivity contribution < 1.29 is 14.8 Å². The van der Waals surface area contributed by atoms with E-state index in [2.05, 4.69) is 10.5 Å². The van der Waals surface area contributed by atoms with E-state index in [-0.39, 0.29) is 11.8 Å². The van der Waals surface area contributed by atoms with Gasteiger partial charge in [-0.1, -0.05) is 47.1 Å². The van der Waals surface area contributed by atoms with Crippen LogP contribution in [0.4, 0.5) is 11.4 Å². The lowest BCUT2D eigenvalue weighted by atomic mass is 10.1. The number of halogens is 1. The van der Waals surface area contributed by atoms with Crippen molar-refractivity contribution in [3.05, 3.63) is 94.5 Å². The van der Waals surface area contributed by atoms with Crippen LogP contribution < -0.4 is 10.2 Å². The Hall–Kier alpha value is -3.64. The first-order valence-corrected chi connectivity index (χ1v) is 10.2. The third-order valence-corrected chi connectivity index (χ3v) is 5.50. The first-order valence-electron chi connectivity index (χ1n) is 9.86. The molecule has 0 fully saturated rings. The first kappa shape index (κ1) is 20.6. The summed E-state index contributed by atoms with van der Waals surface area (Å²) in [7, 11) is 0. The molecule has 7 heteroatoms. The van der Waals surface area contributed by atoms with E-state index in [0.717, 1.165) is 5.56 Å². The molecule has 0 bridgehead atoms. The van der Waals surface area contributed by atoms with Crippen LogP contribution in [0.25, 0.3) is 0 Å². The van der Waals surface area contributed by atoms with Gasteiger partial charge in [0.2, 0.25) is 0 Å². The predicted octanol–water partition coefficient (Wildman–Crippen LogP) is 5.21. The van der Waals surface area contributed by atoms with Gasteiger partial charge in [0.1, 0.15) is 0 Å². The summed E-state index contributed by atoms with van der Waals surface area (Å²) in [6, 6.07) is 21.0. The van der Waals surface area contributed by atoms with Gasteiger partial charge in [0, 0.05) is 23.4 Å². The molecule has 156 valence electrons. The fourth-order valence-corrected chi connectivity index (χ4v) is 3.84. The number of nitrogens with one attached hydrogen (secondary N) is 1. The molecule has 0 aromatic heterocycles. The summed E-state index contributed by atoms with van der Waals surface area (Å²) in [6.07, 6.45) is 1.27. The number of amides is 2. The highest BCUT2D eigenvalue weighted by molar-refractivity contribution is 6.34. The van der Waals surface area contributed by atoms with E-state index in [9.17, 15) is 14.8 Å². The number of carbonyl (C=O) groups is 2. The second-order valence-corrected chi connectivity index (χ2v) is 7.54. The number of anilines is 2. The monoisotopic (exact) mass is 433 g/mol. The molecule has 0 saturated carbocycles. The molecule has 4 rings (SSSR count). The third kappa shape index (κ3) is 4.29. The lowest BCUT2D eigenvalue weighted by Gasteiger charge is -2.23. The molecular formula is C24H20ClN3O3. The third-order valence-electron chi connectivity index (χ3n) is 5.18. The number of fused-ring (bicyclic) bond motifs is 1. The van der Waals surface area contributed by atoms with Crippen LogP contribution in [0.15, 0.2) is 78.0 Å². The van der Waals surface area contributed by atoms with Gasteiger partial charge in [-0.2, -0.15) is 0 Å². The fraction of sp³-hybridized carbons (Fsp3) is 0.125. The van der Waals surface area contributed by atoms with Crippen LogP contribution >= 0.6 is 11.6 Å². The molecule has 31 heavy (non-hydrogen) atoms. The minimum absolute atomic E-state index is 0.157. The maximum Gasteiger partial charge on any atom is 0.258 e. The summed E-state index contributed by atoms with van der Waals surface area (Å²) in [5.41, 5.74) is 3.48. The fourth-order valence-electron chi connectivity index (χ4n) is 3.62. The molecular weight excluding hydrogens is 414 g/mol. The van der Waals surface area contributed by atoms with Crippen LogP contribution in [-0.4, -0.2) is 29.3 Å².